The van der Waals surface area contributed by atoms with Gasteiger partial charge in [0, 0.05) is 50.6 Å². The molecule has 0 radical (unpaired) electrons. The maximum atomic E-state index is 13.4. The normalized spacial score (nSPS) is 14.7. The zero-order valence-electron chi connectivity index (χ0n) is 17.2. The van der Waals surface area contributed by atoms with Gasteiger partial charge in [-0.05, 0) is 23.8 Å². The van der Waals surface area contributed by atoms with Gasteiger partial charge in [-0.15, -0.1) is 0 Å². The Kier molecular flexibility index (Phi) is 6.52. The van der Waals surface area contributed by atoms with Gasteiger partial charge in [-0.1, -0.05) is 48.5 Å². The van der Waals surface area contributed by atoms with Crippen molar-refractivity contribution < 1.29 is 9.59 Å². The molecule has 2 amide bonds. The van der Waals surface area contributed by atoms with E-state index in [2.05, 4.69) is 20.2 Å². The monoisotopic (exact) mass is 415 g/mol. The molecule has 1 saturated heterocycles. The molecule has 0 spiro atoms. The molecule has 0 unspecified atom stereocenters. The smallest absolute Gasteiger partial charge is 0.251 e. The van der Waals surface area contributed by atoms with Gasteiger partial charge in [0.2, 0.25) is 11.9 Å². The topological polar surface area (TPSA) is 78.4 Å². The highest BCUT2D eigenvalue weighted by Crippen LogP contribution is 2.13. The first-order valence-corrected chi connectivity index (χ1v) is 10.4. The van der Waals surface area contributed by atoms with Crippen LogP contribution in [0.2, 0.25) is 0 Å². The SMILES string of the molecule is O=C(N[C@@H](Cc1ccccc1)C(=O)N1CCN(c2ncccn2)CC1)c1ccccc1. The van der Waals surface area contributed by atoms with E-state index < -0.39 is 6.04 Å². The number of nitrogens with zero attached hydrogens (tertiary/aromatic N) is 4. The third-order valence-electron chi connectivity index (χ3n) is 5.35. The average Bonchev–Trinajstić information content (AvgIpc) is 2.85. The fourth-order valence-corrected chi connectivity index (χ4v) is 3.68. The molecule has 3 aromatic rings. The molecule has 4 rings (SSSR count). The predicted octanol–water partition coefficient (Wildman–Crippen LogP) is 2.17. The summed E-state index contributed by atoms with van der Waals surface area (Å²) < 4.78 is 0. The van der Waals surface area contributed by atoms with E-state index in [9.17, 15) is 9.59 Å². The Hall–Kier alpha value is -3.74. The molecule has 31 heavy (non-hydrogen) atoms. The minimum Gasteiger partial charge on any atom is -0.340 e. The zero-order chi connectivity index (χ0) is 21.5. The lowest BCUT2D eigenvalue weighted by molar-refractivity contribution is -0.133. The highest BCUT2D eigenvalue weighted by atomic mass is 16.2. The van der Waals surface area contributed by atoms with Crippen LogP contribution in [0.5, 0.6) is 0 Å². The molecule has 0 aliphatic carbocycles. The van der Waals surface area contributed by atoms with Gasteiger partial charge >= 0.3 is 0 Å². The summed E-state index contributed by atoms with van der Waals surface area (Å²) in [7, 11) is 0. The molecule has 1 aliphatic rings. The summed E-state index contributed by atoms with van der Waals surface area (Å²) in [6.07, 6.45) is 3.88. The second-order valence-electron chi connectivity index (χ2n) is 7.44. The number of aromatic nitrogens is 2. The van der Waals surface area contributed by atoms with E-state index in [1.165, 1.54) is 0 Å². The van der Waals surface area contributed by atoms with Crippen molar-refractivity contribution in [3.8, 4) is 0 Å². The molecule has 0 saturated carbocycles. The second kappa shape index (κ2) is 9.84. The van der Waals surface area contributed by atoms with Crippen molar-refractivity contribution in [2.45, 2.75) is 12.5 Å². The average molecular weight is 415 g/mol. The number of carbonyl (C=O) groups is 2. The van der Waals surface area contributed by atoms with Gasteiger partial charge in [0.1, 0.15) is 6.04 Å². The van der Waals surface area contributed by atoms with Crippen LogP contribution in [-0.2, 0) is 11.2 Å². The number of carbonyl (C=O) groups excluding carboxylic acids is 2. The van der Waals surface area contributed by atoms with Crippen molar-refractivity contribution >= 4 is 17.8 Å². The molecule has 2 heterocycles. The second-order valence-corrected chi connectivity index (χ2v) is 7.44. The Balaban J connectivity index is 1.45. The van der Waals surface area contributed by atoms with Crippen LogP contribution in [0, 0.1) is 0 Å². The largest absolute Gasteiger partial charge is 0.340 e. The van der Waals surface area contributed by atoms with E-state index in [0.29, 0.717) is 44.1 Å². The fraction of sp³-hybridized carbons (Fsp3) is 0.250. The number of amides is 2. The van der Waals surface area contributed by atoms with Crippen molar-refractivity contribution in [1.82, 2.24) is 20.2 Å². The maximum Gasteiger partial charge on any atom is 0.251 e. The highest BCUT2D eigenvalue weighted by molar-refractivity contribution is 5.97. The molecule has 0 bridgehead atoms. The van der Waals surface area contributed by atoms with Crippen LogP contribution >= 0.6 is 0 Å². The zero-order valence-corrected chi connectivity index (χ0v) is 17.2. The van der Waals surface area contributed by atoms with Crippen LogP contribution in [0.3, 0.4) is 0 Å². The van der Waals surface area contributed by atoms with Crippen LogP contribution < -0.4 is 10.2 Å². The summed E-state index contributed by atoms with van der Waals surface area (Å²) in [6, 6.07) is 19.9. The standard InChI is InChI=1S/C24H25N5O2/c30-22(20-10-5-2-6-11-20)27-21(18-19-8-3-1-4-9-19)23(31)28-14-16-29(17-15-28)24-25-12-7-13-26-24/h1-13,21H,14-18H2,(H,27,30)/t21-/m0/s1. The van der Waals surface area contributed by atoms with Crippen LogP contribution in [0.15, 0.2) is 79.1 Å². The van der Waals surface area contributed by atoms with Crippen LogP contribution in [0.25, 0.3) is 0 Å². The number of hydrogen-bond donors (Lipinski definition) is 1. The first-order valence-electron chi connectivity index (χ1n) is 10.4. The summed E-state index contributed by atoms with van der Waals surface area (Å²) in [6.45, 7) is 2.42. The lowest BCUT2D eigenvalue weighted by Gasteiger charge is -2.36. The maximum absolute atomic E-state index is 13.4. The van der Waals surface area contributed by atoms with Crippen molar-refractivity contribution in [2.75, 3.05) is 31.1 Å². The summed E-state index contributed by atoms with van der Waals surface area (Å²) in [5.74, 6) is 0.362. The van der Waals surface area contributed by atoms with Crippen molar-refractivity contribution in [3.63, 3.8) is 0 Å². The first-order chi connectivity index (χ1) is 15.2. The van der Waals surface area contributed by atoms with Gasteiger partial charge in [0.15, 0.2) is 0 Å². The molecule has 7 heteroatoms. The molecule has 1 fully saturated rings. The summed E-state index contributed by atoms with van der Waals surface area (Å²) in [4.78, 5) is 38.6. The first kappa shape index (κ1) is 20.5. The van der Waals surface area contributed by atoms with E-state index in [-0.39, 0.29) is 11.8 Å². The number of hydrogen-bond acceptors (Lipinski definition) is 5. The Morgan fingerprint density at radius 2 is 1.45 bits per heavy atom. The van der Waals surface area contributed by atoms with E-state index in [1.807, 2.05) is 53.4 Å². The lowest BCUT2D eigenvalue weighted by atomic mass is 10.0. The molecule has 1 N–H and O–H groups in total. The Morgan fingerprint density at radius 3 is 2.10 bits per heavy atom. The molecule has 1 aliphatic heterocycles. The van der Waals surface area contributed by atoms with Crippen molar-refractivity contribution in [2.24, 2.45) is 0 Å². The quantitative estimate of drug-likeness (QED) is 0.668. The molecule has 1 atom stereocenters. The van der Waals surface area contributed by atoms with Gasteiger partial charge in [-0.2, -0.15) is 0 Å². The fourth-order valence-electron chi connectivity index (χ4n) is 3.68. The van der Waals surface area contributed by atoms with Crippen molar-refractivity contribution in [1.29, 1.82) is 0 Å². The Morgan fingerprint density at radius 1 is 0.839 bits per heavy atom. The number of piperazine rings is 1. The number of benzene rings is 2. The predicted molar refractivity (Wildman–Crippen MR) is 119 cm³/mol. The lowest BCUT2D eigenvalue weighted by Crippen LogP contribution is -2.55. The molecule has 2 aromatic carbocycles. The van der Waals surface area contributed by atoms with Gasteiger partial charge in [-0.25, -0.2) is 9.97 Å². The highest BCUT2D eigenvalue weighted by Gasteiger charge is 2.29. The number of nitrogens with one attached hydrogen (secondary N) is 1. The van der Waals surface area contributed by atoms with Crippen LogP contribution in [-0.4, -0.2) is 58.9 Å². The van der Waals surface area contributed by atoms with Crippen LogP contribution in [0.4, 0.5) is 5.95 Å². The third kappa shape index (κ3) is 5.25. The minimum atomic E-state index is -0.630. The van der Waals surface area contributed by atoms with E-state index in [0.717, 1.165) is 5.56 Å². The minimum absolute atomic E-state index is 0.0678. The summed E-state index contributed by atoms with van der Waals surface area (Å²) in [5.41, 5.74) is 1.55. The van der Waals surface area contributed by atoms with Gasteiger partial charge in [0.25, 0.3) is 5.91 Å². The van der Waals surface area contributed by atoms with E-state index in [4.69, 9.17) is 0 Å². The molecule has 7 nitrogen and oxygen atoms in total. The Bertz CT molecular complexity index is 990. The van der Waals surface area contributed by atoms with Gasteiger partial charge < -0.3 is 15.1 Å². The summed E-state index contributed by atoms with van der Waals surface area (Å²) >= 11 is 0. The number of rotatable bonds is 6. The number of anilines is 1. The molecule has 158 valence electrons. The molecular formula is C24H25N5O2. The van der Waals surface area contributed by atoms with Gasteiger partial charge in [-0.3, -0.25) is 9.59 Å². The Labute approximate surface area is 181 Å². The molecular weight excluding hydrogens is 390 g/mol. The molecule has 1 aromatic heterocycles. The van der Waals surface area contributed by atoms with Gasteiger partial charge in [0.05, 0.1) is 0 Å². The van der Waals surface area contributed by atoms with Crippen LogP contribution in [0.1, 0.15) is 15.9 Å². The van der Waals surface area contributed by atoms with Crippen molar-refractivity contribution in [3.05, 3.63) is 90.3 Å². The third-order valence-corrected chi connectivity index (χ3v) is 5.35. The summed E-state index contributed by atoms with van der Waals surface area (Å²) in [5, 5.41) is 2.95. The van der Waals surface area contributed by atoms with E-state index in [1.54, 1.807) is 30.6 Å². The van der Waals surface area contributed by atoms with E-state index >= 15 is 0 Å².